The molecule has 0 aromatic carbocycles. The van der Waals surface area contributed by atoms with Gasteiger partial charge < -0.3 is 20.1 Å². The number of unbranched alkanes of at least 4 members (excludes halogenated alkanes) is 16. The first-order chi connectivity index (χ1) is 23.3. The zero-order valence-corrected chi connectivity index (χ0v) is 31.4. The summed E-state index contributed by atoms with van der Waals surface area (Å²) in [6, 6.07) is 0. The number of rotatable bonds is 35. The minimum absolute atomic E-state index is 0.0493. The van der Waals surface area contributed by atoms with Gasteiger partial charge in [-0.25, -0.2) is 4.57 Å². The van der Waals surface area contributed by atoms with Gasteiger partial charge in [-0.2, -0.15) is 0 Å². The van der Waals surface area contributed by atoms with E-state index in [4.69, 9.17) is 24.3 Å². The summed E-state index contributed by atoms with van der Waals surface area (Å²) in [5.41, 5.74) is 5.33. The average molecular weight is 700 g/mol. The molecular formula is C38H70NO8P. The summed E-state index contributed by atoms with van der Waals surface area (Å²) in [7, 11) is -4.37. The topological polar surface area (TPSA) is 134 Å². The van der Waals surface area contributed by atoms with E-state index in [0.29, 0.717) is 6.42 Å². The van der Waals surface area contributed by atoms with Crippen molar-refractivity contribution in [3.05, 3.63) is 36.5 Å². The number of hydrogen-bond acceptors (Lipinski definition) is 8. The largest absolute Gasteiger partial charge is 0.472 e. The summed E-state index contributed by atoms with van der Waals surface area (Å²) in [5.74, 6) is -0.858. The fourth-order valence-corrected chi connectivity index (χ4v) is 5.64. The third-order valence-corrected chi connectivity index (χ3v) is 8.73. The van der Waals surface area contributed by atoms with E-state index in [1.54, 1.807) is 0 Å². The van der Waals surface area contributed by atoms with Gasteiger partial charge in [0.15, 0.2) is 6.10 Å². The highest BCUT2D eigenvalue weighted by Crippen LogP contribution is 2.43. The third kappa shape index (κ3) is 34.1. The Labute approximate surface area is 293 Å². The van der Waals surface area contributed by atoms with E-state index in [1.807, 2.05) is 0 Å². The average Bonchev–Trinajstić information content (AvgIpc) is 3.07. The predicted molar refractivity (Wildman–Crippen MR) is 197 cm³/mol. The first-order valence-corrected chi connectivity index (χ1v) is 20.5. The molecule has 0 saturated carbocycles. The lowest BCUT2D eigenvalue weighted by Crippen LogP contribution is -2.29. The molecule has 0 rings (SSSR count). The van der Waals surface area contributed by atoms with Crippen molar-refractivity contribution in [2.45, 2.75) is 168 Å². The van der Waals surface area contributed by atoms with Crippen molar-refractivity contribution in [1.82, 2.24) is 0 Å². The Morgan fingerprint density at radius 3 is 1.67 bits per heavy atom. The highest BCUT2D eigenvalue weighted by Gasteiger charge is 2.25. The van der Waals surface area contributed by atoms with E-state index in [2.05, 4.69) is 50.3 Å². The Kier molecular flexibility index (Phi) is 33.8. The number of hydrogen-bond donors (Lipinski definition) is 2. The summed E-state index contributed by atoms with van der Waals surface area (Å²) in [4.78, 5) is 34.7. The van der Waals surface area contributed by atoms with Gasteiger partial charge >= 0.3 is 19.8 Å². The smallest absolute Gasteiger partial charge is 0.462 e. The maximum Gasteiger partial charge on any atom is 0.472 e. The normalized spacial score (nSPS) is 13.8. The van der Waals surface area contributed by atoms with E-state index in [1.165, 1.54) is 44.9 Å². The molecule has 48 heavy (non-hydrogen) atoms. The van der Waals surface area contributed by atoms with E-state index in [-0.39, 0.29) is 32.6 Å². The van der Waals surface area contributed by atoms with Crippen LogP contribution in [0.2, 0.25) is 0 Å². The molecule has 0 heterocycles. The fourth-order valence-electron chi connectivity index (χ4n) is 4.88. The highest BCUT2D eigenvalue weighted by atomic mass is 31.2. The predicted octanol–water partition coefficient (Wildman–Crippen LogP) is 10.2. The number of esters is 2. The quantitative estimate of drug-likeness (QED) is 0.0287. The summed E-state index contributed by atoms with van der Waals surface area (Å²) in [5, 5.41) is 0. The van der Waals surface area contributed by atoms with Gasteiger partial charge in [0, 0.05) is 19.4 Å². The lowest BCUT2D eigenvalue weighted by atomic mass is 10.1. The molecule has 0 fully saturated rings. The van der Waals surface area contributed by atoms with Crippen molar-refractivity contribution in [1.29, 1.82) is 0 Å². The summed E-state index contributed by atoms with van der Waals surface area (Å²) < 4.78 is 32.6. The van der Waals surface area contributed by atoms with Crippen LogP contribution in [0, 0.1) is 0 Å². The number of phosphoric ester groups is 1. The SMILES string of the molecule is CCCC/C=C/C/C=C/CCCCCCCC(=O)O[C@H](COC(=O)CCCCCCC/C=C/CCCCCC)COP(=O)(O)OCCN. The van der Waals surface area contributed by atoms with Gasteiger partial charge in [0.2, 0.25) is 0 Å². The van der Waals surface area contributed by atoms with Gasteiger partial charge in [0.25, 0.3) is 0 Å². The molecule has 3 N–H and O–H groups in total. The summed E-state index contributed by atoms with van der Waals surface area (Å²) in [6.45, 7) is 3.63. The van der Waals surface area contributed by atoms with E-state index in [0.717, 1.165) is 83.5 Å². The van der Waals surface area contributed by atoms with Crippen LogP contribution in [0.4, 0.5) is 0 Å². The van der Waals surface area contributed by atoms with Crippen LogP contribution >= 0.6 is 7.82 Å². The summed E-state index contributed by atoms with van der Waals surface area (Å²) >= 11 is 0. The zero-order chi connectivity index (χ0) is 35.4. The van der Waals surface area contributed by atoms with Crippen molar-refractivity contribution in [3.63, 3.8) is 0 Å². The van der Waals surface area contributed by atoms with Gasteiger partial charge in [-0.05, 0) is 64.2 Å². The molecule has 0 spiro atoms. The van der Waals surface area contributed by atoms with Gasteiger partial charge in [0.1, 0.15) is 6.61 Å². The number of carbonyl (C=O) groups excluding carboxylic acids is 2. The van der Waals surface area contributed by atoms with Crippen LogP contribution in [0.5, 0.6) is 0 Å². The van der Waals surface area contributed by atoms with E-state index >= 15 is 0 Å². The number of carbonyl (C=O) groups is 2. The lowest BCUT2D eigenvalue weighted by Gasteiger charge is -2.19. The Hall–Kier alpha value is -1.77. The highest BCUT2D eigenvalue weighted by molar-refractivity contribution is 7.47. The molecule has 0 aliphatic rings. The van der Waals surface area contributed by atoms with Crippen LogP contribution in [0.1, 0.15) is 162 Å². The molecule has 0 amide bonds. The molecule has 2 atom stereocenters. The summed E-state index contributed by atoms with van der Waals surface area (Å²) in [6.07, 6.45) is 36.0. The molecule has 9 nitrogen and oxygen atoms in total. The number of phosphoric acid groups is 1. The third-order valence-electron chi connectivity index (χ3n) is 7.75. The van der Waals surface area contributed by atoms with Crippen molar-refractivity contribution in [2.75, 3.05) is 26.4 Å². The standard InChI is InChI=1S/C38H70NO8P/c1-3-5-7-9-11-13-15-17-19-21-23-25-27-29-31-38(41)47-36(35-46-48(42,43)45-33-32-39)34-44-37(40)30-28-26-24-22-20-18-16-14-12-10-8-6-4-2/h9,11,14-17,36H,3-8,10,12-13,18-35,39H2,1-2H3,(H,42,43)/b11-9+,16-14+,17-15+/t36-/m1/s1. The van der Waals surface area contributed by atoms with Gasteiger partial charge in [-0.3, -0.25) is 18.6 Å². The molecule has 0 radical (unpaired) electrons. The minimum atomic E-state index is -4.37. The van der Waals surface area contributed by atoms with Crippen molar-refractivity contribution in [3.8, 4) is 0 Å². The maximum atomic E-state index is 12.5. The fraction of sp³-hybridized carbons (Fsp3) is 0.789. The number of nitrogens with two attached hydrogens (primary N) is 1. The Morgan fingerprint density at radius 2 is 1.10 bits per heavy atom. The van der Waals surface area contributed by atoms with Gasteiger partial charge in [-0.15, -0.1) is 0 Å². The zero-order valence-electron chi connectivity index (χ0n) is 30.5. The van der Waals surface area contributed by atoms with E-state index in [9.17, 15) is 19.0 Å². The molecule has 0 saturated heterocycles. The second kappa shape index (κ2) is 35.1. The minimum Gasteiger partial charge on any atom is -0.462 e. The van der Waals surface area contributed by atoms with Crippen molar-refractivity contribution < 1.29 is 37.6 Å². The molecule has 0 aromatic rings. The van der Waals surface area contributed by atoms with Crippen molar-refractivity contribution >= 4 is 19.8 Å². The van der Waals surface area contributed by atoms with Crippen LogP contribution < -0.4 is 5.73 Å². The van der Waals surface area contributed by atoms with Crippen LogP contribution in [0.15, 0.2) is 36.5 Å². The molecule has 0 aliphatic heterocycles. The Balaban J connectivity index is 4.27. The maximum absolute atomic E-state index is 12.5. The first kappa shape index (κ1) is 46.2. The molecule has 0 bridgehead atoms. The lowest BCUT2D eigenvalue weighted by molar-refractivity contribution is -0.161. The van der Waals surface area contributed by atoms with E-state index < -0.39 is 32.5 Å². The van der Waals surface area contributed by atoms with Crippen LogP contribution in [0.3, 0.4) is 0 Å². The number of ether oxygens (including phenoxy) is 2. The second-order valence-electron chi connectivity index (χ2n) is 12.4. The van der Waals surface area contributed by atoms with Crippen LogP contribution in [-0.4, -0.2) is 49.3 Å². The monoisotopic (exact) mass is 699 g/mol. The van der Waals surface area contributed by atoms with Gasteiger partial charge in [-0.1, -0.05) is 121 Å². The first-order valence-electron chi connectivity index (χ1n) is 19.0. The van der Waals surface area contributed by atoms with Gasteiger partial charge in [0.05, 0.1) is 13.2 Å². The molecule has 10 heteroatoms. The molecule has 1 unspecified atom stereocenters. The molecule has 0 aliphatic carbocycles. The Bertz CT molecular complexity index is 892. The second-order valence-corrected chi connectivity index (χ2v) is 13.9. The molecule has 0 aromatic heterocycles. The Morgan fingerprint density at radius 1 is 0.625 bits per heavy atom. The number of allylic oxidation sites excluding steroid dienone is 6. The molecule has 280 valence electrons. The molecular weight excluding hydrogens is 629 g/mol. The van der Waals surface area contributed by atoms with Crippen LogP contribution in [-0.2, 0) is 32.7 Å². The van der Waals surface area contributed by atoms with Crippen LogP contribution in [0.25, 0.3) is 0 Å². The van der Waals surface area contributed by atoms with Crippen molar-refractivity contribution in [2.24, 2.45) is 5.73 Å².